The van der Waals surface area contributed by atoms with Crippen molar-refractivity contribution < 1.29 is 9.22 Å². The van der Waals surface area contributed by atoms with E-state index in [0.717, 1.165) is 3.57 Å². The van der Waals surface area contributed by atoms with Gasteiger partial charge in [-0.2, -0.15) is 0 Å². The van der Waals surface area contributed by atoms with Gasteiger partial charge in [0.05, 0.1) is 0 Å². The van der Waals surface area contributed by atoms with Crippen LogP contribution in [0.4, 0.5) is 0 Å². The van der Waals surface area contributed by atoms with Crippen molar-refractivity contribution in [3.8, 4) is 5.75 Å². The number of rotatable bonds is 2. The Morgan fingerprint density at radius 2 is 1.24 bits per heavy atom. The summed E-state index contributed by atoms with van der Waals surface area (Å²) in [4.78, 5) is 0. The summed E-state index contributed by atoms with van der Waals surface area (Å²) in [6.45, 7) is 13.4. The highest BCUT2D eigenvalue weighted by molar-refractivity contribution is 14.1. The highest BCUT2D eigenvalue weighted by atomic mass is 127. The summed E-state index contributed by atoms with van der Waals surface area (Å²) in [5, 5.41) is 8.75. The maximum atomic E-state index is 8.75. The lowest BCUT2D eigenvalue weighted by Gasteiger charge is -2.27. The van der Waals surface area contributed by atoms with Gasteiger partial charge in [-0.15, -0.1) is 0 Å². The number of hydrogen-bond donors (Lipinski definition) is 1. The summed E-state index contributed by atoms with van der Waals surface area (Å²) in [6, 6.07) is 7.05. The summed E-state index contributed by atoms with van der Waals surface area (Å²) in [7, 11) is -2.46. The lowest BCUT2D eigenvalue weighted by molar-refractivity contribution is 0.475. The molecule has 0 aromatic heterocycles. The molecule has 2 nitrogen and oxygen atoms in total. The molecule has 1 aromatic rings. The van der Waals surface area contributed by atoms with E-state index in [1.54, 1.807) is 12.1 Å². The Morgan fingerprint density at radius 1 is 0.882 bits per heavy atom. The summed E-state index contributed by atoms with van der Waals surface area (Å²) < 4.78 is 7.04. The lowest BCUT2D eigenvalue weighted by Crippen LogP contribution is -2.39. The van der Waals surface area contributed by atoms with Crippen LogP contribution >= 0.6 is 22.6 Å². The number of benzene rings is 1. The van der Waals surface area contributed by atoms with Crippen molar-refractivity contribution in [3.05, 3.63) is 27.8 Å². The third-order valence-corrected chi connectivity index (χ3v) is 7.06. The third kappa shape index (κ3) is 12.4. The van der Waals surface area contributed by atoms with Gasteiger partial charge in [0.25, 0.3) is 0 Å². The summed E-state index contributed by atoms with van der Waals surface area (Å²) in [5.41, 5.74) is 0. The Hall–Kier alpha value is 0.144. The fourth-order valence-corrected chi connectivity index (χ4v) is 9.07. The van der Waals surface area contributed by atoms with Crippen LogP contribution in [0.2, 0.25) is 39.3 Å². The minimum atomic E-state index is -1.23. The van der Waals surface area contributed by atoms with E-state index in [9.17, 15) is 0 Å². The smallest absolute Gasteiger partial charge is 0.170 e. The van der Waals surface area contributed by atoms with E-state index < -0.39 is 16.6 Å². The van der Waals surface area contributed by atoms with Crippen molar-refractivity contribution in [2.75, 3.05) is 0 Å². The largest absolute Gasteiger partial charge is 0.508 e. The highest BCUT2D eigenvalue weighted by Gasteiger charge is 2.24. The van der Waals surface area contributed by atoms with E-state index in [1.807, 2.05) is 12.1 Å². The first-order valence-electron chi connectivity index (χ1n) is 5.64. The molecule has 0 spiro atoms. The van der Waals surface area contributed by atoms with E-state index in [4.69, 9.17) is 9.22 Å². The average molecular weight is 382 g/mol. The molecule has 0 aliphatic carbocycles. The second kappa shape index (κ2) is 6.91. The summed E-state index contributed by atoms with van der Waals surface area (Å²) in [5.74, 6) is 0.324. The lowest BCUT2D eigenvalue weighted by atomic mass is 10.3. The maximum absolute atomic E-state index is 8.75. The molecule has 0 aliphatic heterocycles. The molecule has 1 rings (SSSR count). The van der Waals surface area contributed by atoms with Crippen molar-refractivity contribution in [1.29, 1.82) is 0 Å². The van der Waals surface area contributed by atoms with Gasteiger partial charge in [0.2, 0.25) is 0 Å². The fourth-order valence-electron chi connectivity index (χ4n) is 1.36. The molecule has 0 atom stereocenters. The van der Waals surface area contributed by atoms with E-state index >= 15 is 0 Å². The third-order valence-electron chi connectivity index (χ3n) is 1.44. The van der Waals surface area contributed by atoms with Crippen molar-refractivity contribution in [1.82, 2.24) is 0 Å². The predicted octanol–water partition coefficient (Wildman–Crippen LogP) is 4.67. The molecule has 5 heteroatoms. The molecule has 0 unspecified atom stereocenters. The van der Waals surface area contributed by atoms with Gasteiger partial charge < -0.3 is 9.22 Å². The molecule has 0 fully saturated rings. The molecule has 0 saturated carbocycles. The predicted molar refractivity (Wildman–Crippen MR) is 88.6 cm³/mol. The van der Waals surface area contributed by atoms with Crippen LogP contribution in [0.5, 0.6) is 5.75 Å². The normalized spacial score (nSPS) is 11.7. The van der Waals surface area contributed by atoms with Crippen LogP contribution < -0.4 is 0 Å². The zero-order valence-electron chi connectivity index (χ0n) is 11.5. The van der Waals surface area contributed by atoms with Crippen LogP contribution in [0.3, 0.4) is 0 Å². The van der Waals surface area contributed by atoms with Gasteiger partial charge in [-0.05, 0) is 86.1 Å². The molecule has 0 bridgehead atoms. The Balaban J connectivity index is 0.000000302. The molecular weight excluding hydrogens is 359 g/mol. The molecule has 0 saturated heterocycles. The first-order chi connectivity index (χ1) is 7.49. The molecule has 0 amide bonds. The Kier molecular flexibility index (Phi) is 6.97. The summed E-state index contributed by atoms with van der Waals surface area (Å²) >= 11 is 2.19. The number of aromatic hydroxyl groups is 1. The van der Waals surface area contributed by atoms with Gasteiger partial charge in [-0.1, -0.05) is 0 Å². The molecule has 98 valence electrons. The quantitative estimate of drug-likeness (QED) is 0.595. The van der Waals surface area contributed by atoms with E-state index in [-0.39, 0.29) is 0 Å². The van der Waals surface area contributed by atoms with Gasteiger partial charge in [0.15, 0.2) is 16.6 Å². The van der Waals surface area contributed by atoms with Crippen molar-refractivity contribution in [2.24, 2.45) is 0 Å². The topological polar surface area (TPSA) is 29.5 Å². The molecule has 0 aliphatic rings. The monoisotopic (exact) mass is 382 g/mol. The van der Waals surface area contributed by atoms with Gasteiger partial charge in [-0.3, -0.25) is 0 Å². The van der Waals surface area contributed by atoms with Crippen LogP contribution in [0, 0.1) is 3.57 Å². The number of phenols is 1. The van der Waals surface area contributed by atoms with E-state index in [2.05, 4.69) is 61.9 Å². The minimum absolute atomic E-state index is 0.324. The zero-order chi connectivity index (χ0) is 13.7. The first kappa shape index (κ1) is 17.1. The highest BCUT2D eigenvalue weighted by Crippen LogP contribution is 2.12. The first-order valence-corrected chi connectivity index (χ1v) is 13.5. The van der Waals surface area contributed by atoms with E-state index in [1.165, 1.54) is 0 Å². The Bertz CT molecular complexity index is 293. The van der Waals surface area contributed by atoms with Gasteiger partial charge in [-0.25, -0.2) is 0 Å². The standard InChI is InChI=1S/C6H5IO.C6H18OSi2/c7-5-1-3-6(8)4-2-5;1-8(2,3)7-9(4,5)6/h1-4,8H;1-6H3. The average Bonchev–Trinajstić information content (AvgIpc) is 2.04. The number of halogens is 1. The Labute approximate surface area is 121 Å². The second-order valence-corrected chi connectivity index (χ2v) is 16.3. The van der Waals surface area contributed by atoms with Crippen LogP contribution in [0.15, 0.2) is 24.3 Å². The van der Waals surface area contributed by atoms with E-state index in [0.29, 0.717) is 5.75 Å². The molecule has 17 heavy (non-hydrogen) atoms. The van der Waals surface area contributed by atoms with Gasteiger partial charge in [0.1, 0.15) is 5.75 Å². The van der Waals surface area contributed by atoms with Gasteiger partial charge in [0, 0.05) is 3.57 Å². The maximum Gasteiger partial charge on any atom is 0.170 e. The van der Waals surface area contributed by atoms with Crippen LogP contribution in [-0.4, -0.2) is 21.7 Å². The molecule has 1 aromatic carbocycles. The number of phenolic OH excluding ortho intramolecular Hbond substituents is 1. The van der Waals surface area contributed by atoms with Crippen LogP contribution in [0.25, 0.3) is 0 Å². The molecular formula is C12H23IO2Si2. The van der Waals surface area contributed by atoms with Crippen LogP contribution in [0.1, 0.15) is 0 Å². The number of hydrogen-bond acceptors (Lipinski definition) is 2. The molecule has 0 heterocycles. The second-order valence-electron chi connectivity index (χ2n) is 5.80. The minimum Gasteiger partial charge on any atom is -0.508 e. The van der Waals surface area contributed by atoms with Crippen molar-refractivity contribution >= 4 is 39.2 Å². The van der Waals surface area contributed by atoms with Crippen LogP contribution in [-0.2, 0) is 4.12 Å². The zero-order valence-corrected chi connectivity index (χ0v) is 15.7. The molecule has 1 N–H and O–H groups in total. The van der Waals surface area contributed by atoms with Crippen molar-refractivity contribution in [3.63, 3.8) is 0 Å². The van der Waals surface area contributed by atoms with Gasteiger partial charge >= 0.3 is 0 Å². The summed E-state index contributed by atoms with van der Waals surface area (Å²) in [6.07, 6.45) is 0. The Morgan fingerprint density at radius 3 is 1.41 bits per heavy atom. The molecule has 0 radical (unpaired) electrons. The SMILES string of the molecule is C[Si](C)(C)O[Si](C)(C)C.Oc1ccc(I)cc1. The fraction of sp³-hybridized carbons (Fsp3) is 0.500. The van der Waals surface area contributed by atoms with Crippen molar-refractivity contribution in [2.45, 2.75) is 39.3 Å².